The number of nitrogens with zero attached hydrogens (tertiary/aromatic N) is 1. The number of nitrogens with two attached hydrogens (primary N) is 1. The zero-order chi connectivity index (χ0) is 14.3. The van der Waals surface area contributed by atoms with Crippen molar-refractivity contribution >= 4 is 38.8 Å². The lowest BCUT2D eigenvalue weighted by atomic mass is 10.2. The van der Waals surface area contributed by atoms with Crippen molar-refractivity contribution in [2.45, 2.75) is 20.3 Å². The van der Waals surface area contributed by atoms with E-state index in [1.54, 1.807) is 0 Å². The number of thiocarbonyl (C=S) groups is 1. The average molecular weight is 344 g/mol. The van der Waals surface area contributed by atoms with Crippen molar-refractivity contribution in [3.8, 4) is 0 Å². The molecule has 0 unspecified atom stereocenters. The van der Waals surface area contributed by atoms with E-state index in [1.807, 2.05) is 18.2 Å². The summed E-state index contributed by atoms with van der Waals surface area (Å²) in [5, 5.41) is 3.42. The van der Waals surface area contributed by atoms with E-state index in [2.05, 4.69) is 40.0 Å². The summed E-state index contributed by atoms with van der Waals surface area (Å²) in [5.41, 5.74) is 7.59. The van der Waals surface area contributed by atoms with Gasteiger partial charge >= 0.3 is 0 Å². The number of hydrogen-bond acceptors (Lipinski definition) is 3. The predicted octanol–water partition coefficient (Wildman–Crippen LogP) is 3.23. The molecule has 5 heteroatoms. The van der Waals surface area contributed by atoms with Gasteiger partial charge in [-0.25, -0.2) is 0 Å². The number of halogens is 1. The van der Waals surface area contributed by atoms with Crippen LogP contribution in [0.1, 0.15) is 25.8 Å². The van der Waals surface area contributed by atoms with E-state index < -0.39 is 0 Å². The molecule has 3 N–H and O–H groups in total. The molecule has 1 aromatic rings. The van der Waals surface area contributed by atoms with Crippen molar-refractivity contribution in [1.29, 1.82) is 0 Å². The number of nitrogens with one attached hydrogen (secondary N) is 1. The second kappa shape index (κ2) is 8.51. The Morgan fingerprint density at radius 3 is 2.63 bits per heavy atom. The first-order chi connectivity index (χ1) is 9.08. The summed E-state index contributed by atoms with van der Waals surface area (Å²) in [7, 11) is 0. The highest BCUT2D eigenvalue weighted by atomic mass is 79.9. The molecule has 0 spiro atoms. The second-order valence-corrected chi connectivity index (χ2v) is 5.71. The van der Waals surface area contributed by atoms with Crippen molar-refractivity contribution in [1.82, 2.24) is 4.90 Å². The summed E-state index contributed by atoms with van der Waals surface area (Å²) in [5.74, 6) is 0. The average Bonchev–Trinajstić information content (AvgIpc) is 2.37. The third-order valence-electron chi connectivity index (χ3n) is 2.98. The predicted molar refractivity (Wildman–Crippen MR) is 90.9 cm³/mol. The van der Waals surface area contributed by atoms with Crippen LogP contribution in [0.4, 0.5) is 5.69 Å². The molecular weight excluding hydrogens is 322 g/mol. The first-order valence-electron chi connectivity index (χ1n) is 6.64. The molecule has 3 nitrogen and oxygen atoms in total. The van der Waals surface area contributed by atoms with E-state index in [-0.39, 0.29) is 0 Å². The van der Waals surface area contributed by atoms with Crippen LogP contribution >= 0.6 is 28.1 Å². The van der Waals surface area contributed by atoms with Gasteiger partial charge in [0.25, 0.3) is 0 Å². The van der Waals surface area contributed by atoms with Gasteiger partial charge in [0.1, 0.15) is 4.99 Å². The monoisotopic (exact) mass is 343 g/mol. The maximum atomic E-state index is 5.63. The van der Waals surface area contributed by atoms with Gasteiger partial charge in [0, 0.05) is 28.8 Å². The molecule has 0 atom stereocenters. The van der Waals surface area contributed by atoms with Crippen LogP contribution in [-0.2, 0) is 0 Å². The van der Waals surface area contributed by atoms with Crippen molar-refractivity contribution in [2.24, 2.45) is 5.73 Å². The molecule has 0 amide bonds. The van der Waals surface area contributed by atoms with Crippen LogP contribution < -0.4 is 11.1 Å². The van der Waals surface area contributed by atoms with E-state index in [1.165, 1.54) is 6.42 Å². The van der Waals surface area contributed by atoms with Crippen LogP contribution in [0, 0.1) is 0 Å². The molecule has 19 heavy (non-hydrogen) atoms. The number of hydrogen-bond donors (Lipinski definition) is 2. The van der Waals surface area contributed by atoms with Gasteiger partial charge < -0.3 is 16.0 Å². The fourth-order valence-electron chi connectivity index (χ4n) is 1.93. The first kappa shape index (κ1) is 16.4. The molecule has 0 aliphatic heterocycles. The van der Waals surface area contributed by atoms with Gasteiger partial charge in [0.2, 0.25) is 0 Å². The van der Waals surface area contributed by atoms with E-state index in [4.69, 9.17) is 18.0 Å². The molecule has 106 valence electrons. The minimum Gasteiger partial charge on any atom is -0.389 e. The van der Waals surface area contributed by atoms with Gasteiger partial charge in [0.15, 0.2) is 0 Å². The van der Waals surface area contributed by atoms with Crippen LogP contribution in [-0.4, -0.2) is 36.1 Å². The quantitative estimate of drug-likeness (QED) is 0.711. The fraction of sp³-hybridized carbons (Fsp3) is 0.500. The number of benzene rings is 1. The van der Waals surface area contributed by atoms with E-state index in [0.717, 1.165) is 41.9 Å². The van der Waals surface area contributed by atoms with Crippen LogP contribution in [0.5, 0.6) is 0 Å². The first-order valence-corrected chi connectivity index (χ1v) is 7.84. The molecule has 1 aromatic carbocycles. The summed E-state index contributed by atoms with van der Waals surface area (Å²) >= 11 is 8.47. The van der Waals surface area contributed by atoms with E-state index in [0.29, 0.717) is 4.99 Å². The standard InChI is InChI=1S/C14H22BrN3S/c1-3-8-18(4-2)9-7-17-11-5-6-12(14(16)19)13(15)10-11/h5-6,10,17H,3-4,7-9H2,1-2H3,(H2,16,19). The normalized spacial score (nSPS) is 10.7. The Balaban J connectivity index is 2.50. The minimum atomic E-state index is 0.415. The van der Waals surface area contributed by atoms with Gasteiger partial charge in [-0.05, 0) is 53.6 Å². The van der Waals surface area contributed by atoms with E-state index in [9.17, 15) is 0 Å². The van der Waals surface area contributed by atoms with Crippen LogP contribution in [0.25, 0.3) is 0 Å². The molecule has 0 aliphatic rings. The van der Waals surface area contributed by atoms with Crippen molar-refractivity contribution < 1.29 is 0 Å². The lowest BCUT2D eigenvalue weighted by Crippen LogP contribution is -2.29. The molecule has 1 rings (SSSR count). The van der Waals surface area contributed by atoms with Gasteiger partial charge in [-0.15, -0.1) is 0 Å². The molecule has 0 saturated heterocycles. The molecule has 0 aromatic heterocycles. The van der Waals surface area contributed by atoms with Crippen molar-refractivity contribution in [2.75, 3.05) is 31.5 Å². The maximum Gasteiger partial charge on any atom is 0.105 e. The van der Waals surface area contributed by atoms with Gasteiger partial charge in [0.05, 0.1) is 0 Å². The fourth-order valence-corrected chi connectivity index (χ4v) is 2.83. The molecule has 0 bridgehead atoms. The van der Waals surface area contributed by atoms with Crippen LogP contribution in [0.2, 0.25) is 0 Å². The summed E-state index contributed by atoms with van der Waals surface area (Å²) in [4.78, 5) is 2.85. The summed E-state index contributed by atoms with van der Waals surface area (Å²) in [6, 6.07) is 5.97. The van der Waals surface area contributed by atoms with Gasteiger partial charge in [-0.1, -0.05) is 26.1 Å². The SMILES string of the molecule is CCCN(CC)CCNc1ccc(C(N)=S)c(Br)c1. The highest BCUT2D eigenvalue weighted by Gasteiger charge is 2.04. The lowest BCUT2D eigenvalue weighted by molar-refractivity contribution is 0.300. The lowest BCUT2D eigenvalue weighted by Gasteiger charge is -2.20. The largest absolute Gasteiger partial charge is 0.389 e. The smallest absolute Gasteiger partial charge is 0.105 e. The zero-order valence-corrected chi connectivity index (χ0v) is 14.0. The summed E-state index contributed by atoms with van der Waals surface area (Å²) in [6.45, 7) is 8.65. The highest BCUT2D eigenvalue weighted by molar-refractivity contribution is 9.10. The van der Waals surface area contributed by atoms with Crippen molar-refractivity contribution in [3.63, 3.8) is 0 Å². The van der Waals surface area contributed by atoms with Gasteiger partial charge in [-0.2, -0.15) is 0 Å². The Hall–Kier alpha value is -0.650. The number of anilines is 1. The molecule has 0 heterocycles. The third-order valence-corrected chi connectivity index (χ3v) is 3.85. The summed E-state index contributed by atoms with van der Waals surface area (Å²) < 4.78 is 0.936. The topological polar surface area (TPSA) is 41.3 Å². The van der Waals surface area contributed by atoms with Crippen LogP contribution in [0.3, 0.4) is 0 Å². The second-order valence-electron chi connectivity index (χ2n) is 4.42. The van der Waals surface area contributed by atoms with E-state index >= 15 is 0 Å². The van der Waals surface area contributed by atoms with Crippen molar-refractivity contribution in [3.05, 3.63) is 28.2 Å². The Kier molecular flexibility index (Phi) is 7.34. The molecule has 0 radical (unpaired) electrons. The molecule has 0 fully saturated rings. The zero-order valence-electron chi connectivity index (χ0n) is 11.6. The number of rotatable bonds is 8. The Bertz CT molecular complexity index is 423. The summed E-state index contributed by atoms with van der Waals surface area (Å²) in [6.07, 6.45) is 1.20. The third kappa shape index (κ3) is 5.47. The van der Waals surface area contributed by atoms with Gasteiger partial charge in [-0.3, -0.25) is 0 Å². The molecule has 0 saturated carbocycles. The molecular formula is C14H22BrN3S. The highest BCUT2D eigenvalue weighted by Crippen LogP contribution is 2.21. The Labute approximate surface area is 129 Å². The molecule has 0 aliphatic carbocycles. The van der Waals surface area contributed by atoms with Crippen LogP contribution in [0.15, 0.2) is 22.7 Å². The maximum absolute atomic E-state index is 5.63. The minimum absolute atomic E-state index is 0.415. The number of likely N-dealkylation sites (N-methyl/N-ethyl adjacent to an activating group) is 1. The Morgan fingerprint density at radius 2 is 2.11 bits per heavy atom. The Morgan fingerprint density at radius 1 is 1.37 bits per heavy atom.